The number of nitrogens with zero attached hydrogens (tertiary/aromatic N) is 2. The second kappa shape index (κ2) is 5.02. The lowest BCUT2D eigenvalue weighted by Gasteiger charge is -2.34. The Morgan fingerprint density at radius 1 is 1.59 bits per heavy atom. The van der Waals surface area contributed by atoms with Crippen LogP contribution in [-0.4, -0.2) is 53.1 Å². The Morgan fingerprint density at radius 3 is 2.88 bits per heavy atom. The van der Waals surface area contributed by atoms with Crippen LogP contribution in [-0.2, 0) is 4.79 Å². The quantitative estimate of drug-likeness (QED) is 0.785. The predicted octanol–water partition coefficient (Wildman–Crippen LogP) is 0.744. The summed E-state index contributed by atoms with van der Waals surface area (Å²) in [4.78, 5) is 15.9. The van der Waals surface area contributed by atoms with Crippen molar-refractivity contribution in [2.75, 3.05) is 20.1 Å². The van der Waals surface area contributed by atoms with Gasteiger partial charge >= 0.3 is 0 Å². The molecule has 2 unspecified atom stereocenters. The number of rotatable bonds is 3. The number of carbonyl (C=O) groups is 1. The van der Waals surface area contributed by atoms with Gasteiger partial charge in [0.2, 0.25) is 0 Å². The van der Waals surface area contributed by atoms with Crippen LogP contribution in [0.5, 0.6) is 0 Å². The zero-order valence-electron chi connectivity index (χ0n) is 10.5. The molecule has 0 saturated carbocycles. The van der Waals surface area contributed by atoms with Crippen molar-refractivity contribution >= 4 is 5.78 Å². The Morgan fingerprint density at radius 2 is 2.35 bits per heavy atom. The first-order valence-corrected chi connectivity index (χ1v) is 6.19. The summed E-state index contributed by atoms with van der Waals surface area (Å²) in [5, 5.41) is 9.54. The summed E-state index contributed by atoms with van der Waals surface area (Å²) in [7, 11) is 1.97. The van der Waals surface area contributed by atoms with Crippen LogP contribution < -0.4 is 0 Å². The van der Waals surface area contributed by atoms with Crippen LogP contribution in [0.1, 0.15) is 19.8 Å². The van der Waals surface area contributed by atoms with Gasteiger partial charge in [-0.1, -0.05) is 13.0 Å². The number of Topliss-reactive ketones (excluding diaryl/α,β-unsaturated/α-hetero) is 1. The average Bonchev–Trinajstić information content (AvgIpc) is 2.74. The van der Waals surface area contributed by atoms with E-state index in [1.54, 1.807) is 0 Å². The highest BCUT2D eigenvalue weighted by Gasteiger charge is 2.28. The van der Waals surface area contributed by atoms with Gasteiger partial charge < -0.3 is 10.0 Å². The molecule has 2 atom stereocenters. The van der Waals surface area contributed by atoms with Gasteiger partial charge in [0.15, 0.2) is 5.78 Å². The number of hydrogen-bond acceptors (Lipinski definition) is 4. The van der Waals surface area contributed by atoms with Crippen LogP contribution in [0.25, 0.3) is 0 Å². The van der Waals surface area contributed by atoms with E-state index < -0.39 is 0 Å². The smallest absolute Gasteiger partial charge is 0.164 e. The molecule has 0 radical (unpaired) electrons. The maximum Gasteiger partial charge on any atom is 0.164 e. The summed E-state index contributed by atoms with van der Waals surface area (Å²) in [6.45, 7) is 3.50. The normalized spacial score (nSPS) is 29.6. The summed E-state index contributed by atoms with van der Waals surface area (Å²) >= 11 is 0. The highest BCUT2D eigenvalue weighted by atomic mass is 16.3. The predicted molar refractivity (Wildman–Crippen MR) is 66.3 cm³/mol. The van der Waals surface area contributed by atoms with Gasteiger partial charge in [-0.25, -0.2) is 0 Å². The standard InChI is InChI=1S/C13H20N2O2/c1-3-12(17)10-4-5-13(14(2)8-10)15-7-6-11(16)9-15/h4-5,8,11,13,16H,3,6-7,9H2,1-2H3. The van der Waals surface area contributed by atoms with E-state index in [-0.39, 0.29) is 18.1 Å². The summed E-state index contributed by atoms with van der Waals surface area (Å²) in [5.74, 6) is 0.174. The molecular formula is C13H20N2O2. The summed E-state index contributed by atoms with van der Waals surface area (Å²) < 4.78 is 0. The van der Waals surface area contributed by atoms with E-state index in [4.69, 9.17) is 0 Å². The van der Waals surface area contributed by atoms with Crippen LogP contribution in [0.3, 0.4) is 0 Å². The van der Waals surface area contributed by atoms with Gasteiger partial charge in [-0.2, -0.15) is 0 Å². The molecule has 0 amide bonds. The van der Waals surface area contributed by atoms with Crippen LogP contribution in [0.2, 0.25) is 0 Å². The number of ketones is 1. The molecule has 2 aliphatic rings. The maximum atomic E-state index is 11.6. The molecule has 2 aliphatic heterocycles. The third kappa shape index (κ3) is 2.58. The molecule has 1 saturated heterocycles. The first-order chi connectivity index (χ1) is 8.11. The van der Waals surface area contributed by atoms with Crippen molar-refractivity contribution in [1.82, 2.24) is 9.80 Å². The van der Waals surface area contributed by atoms with Gasteiger partial charge in [-0.3, -0.25) is 9.69 Å². The third-order valence-corrected chi connectivity index (χ3v) is 3.42. The van der Waals surface area contributed by atoms with Crippen LogP contribution in [0.4, 0.5) is 0 Å². The Bertz CT molecular complexity index is 362. The number of likely N-dealkylation sites (tertiary alicyclic amines) is 1. The molecule has 1 fully saturated rings. The fraction of sp³-hybridized carbons (Fsp3) is 0.615. The van der Waals surface area contributed by atoms with Gasteiger partial charge in [-0.05, 0) is 12.5 Å². The second-order valence-corrected chi connectivity index (χ2v) is 4.74. The molecule has 0 aromatic carbocycles. The van der Waals surface area contributed by atoms with Crippen molar-refractivity contribution in [3.63, 3.8) is 0 Å². The molecule has 1 N–H and O–H groups in total. The SMILES string of the molecule is CCC(=O)C1=CN(C)C(N2CCC(O)C2)C=C1. The number of likely N-dealkylation sites (N-methyl/N-ethyl adjacent to an activating group) is 1. The Balaban J connectivity index is 2.04. The van der Waals surface area contributed by atoms with E-state index in [1.807, 2.05) is 37.2 Å². The Labute approximate surface area is 102 Å². The third-order valence-electron chi connectivity index (χ3n) is 3.42. The van der Waals surface area contributed by atoms with Crippen molar-refractivity contribution in [2.45, 2.75) is 32.0 Å². The lowest BCUT2D eigenvalue weighted by molar-refractivity contribution is -0.115. The molecule has 94 valence electrons. The fourth-order valence-corrected chi connectivity index (χ4v) is 2.42. The van der Waals surface area contributed by atoms with E-state index in [1.165, 1.54) is 0 Å². The summed E-state index contributed by atoms with van der Waals surface area (Å²) in [5.41, 5.74) is 0.769. The molecule has 0 aliphatic carbocycles. The topological polar surface area (TPSA) is 43.8 Å². The van der Waals surface area contributed by atoms with E-state index >= 15 is 0 Å². The molecule has 0 aromatic rings. The van der Waals surface area contributed by atoms with Crippen molar-refractivity contribution in [1.29, 1.82) is 0 Å². The lowest BCUT2D eigenvalue weighted by Crippen LogP contribution is -2.43. The van der Waals surface area contributed by atoms with Crippen molar-refractivity contribution in [3.8, 4) is 0 Å². The van der Waals surface area contributed by atoms with Crippen LogP contribution in [0, 0.1) is 0 Å². The van der Waals surface area contributed by atoms with E-state index in [2.05, 4.69) is 4.90 Å². The van der Waals surface area contributed by atoms with Gasteiger partial charge in [0.25, 0.3) is 0 Å². The highest BCUT2D eigenvalue weighted by Crippen LogP contribution is 2.20. The van der Waals surface area contributed by atoms with Gasteiger partial charge in [0.1, 0.15) is 6.17 Å². The van der Waals surface area contributed by atoms with E-state index in [0.717, 1.165) is 18.5 Å². The summed E-state index contributed by atoms with van der Waals surface area (Å²) in [6.07, 6.45) is 7.18. The number of β-amino-alcohol motifs (C(OH)–C–C–N with tert-alkyl or cyclic N) is 1. The molecule has 17 heavy (non-hydrogen) atoms. The largest absolute Gasteiger partial charge is 0.392 e. The number of aliphatic hydroxyl groups is 1. The zero-order chi connectivity index (χ0) is 12.4. The Kier molecular flexibility index (Phi) is 3.64. The van der Waals surface area contributed by atoms with Gasteiger partial charge in [0.05, 0.1) is 6.10 Å². The molecule has 0 bridgehead atoms. The highest BCUT2D eigenvalue weighted by molar-refractivity contribution is 5.97. The first kappa shape index (κ1) is 12.3. The molecule has 0 aromatic heterocycles. The number of carbonyl (C=O) groups excluding carboxylic acids is 1. The lowest BCUT2D eigenvalue weighted by atomic mass is 10.1. The van der Waals surface area contributed by atoms with Crippen molar-refractivity contribution in [3.05, 3.63) is 23.9 Å². The van der Waals surface area contributed by atoms with Crippen molar-refractivity contribution < 1.29 is 9.90 Å². The molecule has 4 heteroatoms. The van der Waals surface area contributed by atoms with Gasteiger partial charge in [-0.15, -0.1) is 0 Å². The maximum absolute atomic E-state index is 11.6. The van der Waals surface area contributed by atoms with Crippen LogP contribution in [0.15, 0.2) is 23.9 Å². The van der Waals surface area contributed by atoms with Crippen LogP contribution >= 0.6 is 0 Å². The van der Waals surface area contributed by atoms with E-state index in [0.29, 0.717) is 13.0 Å². The molecule has 4 nitrogen and oxygen atoms in total. The first-order valence-electron chi connectivity index (χ1n) is 6.19. The van der Waals surface area contributed by atoms with Crippen molar-refractivity contribution in [2.24, 2.45) is 0 Å². The zero-order valence-corrected chi connectivity index (χ0v) is 10.5. The monoisotopic (exact) mass is 236 g/mol. The molecule has 0 spiro atoms. The minimum absolute atomic E-state index is 0.167. The number of hydrogen-bond donors (Lipinski definition) is 1. The fourth-order valence-electron chi connectivity index (χ4n) is 2.42. The average molecular weight is 236 g/mol. The molecule has 2 heterocycles. The minimum atomic E-state index is -0.209. The second-order valence-electron chi connectivity index (χ2n) is 4.74. The minimum Gasteiger partial charge on any atom is -0.392 e. The molecular weight excluding hydrogens is 216 g/mol. The number of aliphatic hydroxyl groups excluding tert-OH is 1. The van der Waals surface area contributed by atoms with E-state index in [9.17, 15) is 9.90 Å². The molecule has 2 rings (SSSR count). The Hall–Kier alpha value is -1.13. The number of allylic oxidation sites excluding steroid dienone is 2. The summed E-state index contributed by atoms with van der Waals surface area (Å²) in [6, 6.07) is 0. The van der Waals surface area contributed by atoms with Gasteiger partial charge in [0, 0.05) is 38.3 Å².